The van der Waals surface area contributed by atoms with Crippen molar-refractivity contribution < 1.29 is 27.8 Å². The summed E-state index contributed by atoms with van der Waals surface area (Å²) in [5.74, 6) is -2.74. The number of fused-ring (bicyclic) bond motifs is 1. The Kier molecular flexibility index (Phi) is 3.85. The summed E-state index contributed by atoms with van der Waals surface area (Å²) >= 11 is 0. The third-order valence-corrected chi connectivity index (χ3v) is 2.63. The number of carbonyl (C=O) groups is 2. The van der Waals surface area contributed by atoms with Crippen LogP contribution in [0.2, 0.25) is 0 Å². The van der Waals surface area contributed by atoms with E-state index >= 15 is 0 Å². The highest BCUT2D eigenvalue weighted by Gasteiger charge is 2.31. The molecule has 0 N–H and O–H groups in total. The molecule has 1 aromatic rings. The van der Waals surface area contributed by atoms with Crippen molar-refractivity contribution in [1.82, 2.24) is 0 Å². The normalized spacial score (nSPS) is 15.1. The van der Waals surface area contributed by atoms with Gasteiger partial charge in [-0.2, -0.15) is 0 Å². The summed E-state index contributed by atoms with van der Waals surface area (Å²) in [6.45, 7) is 4.33. The minimum atomic E-state index is -1.14. The number of Topliss-reactive ketones (excluding diaryl/α,β-unsaturated/α-hetero) is 1. The number of ether oxygens (including phenoxy) is 2. The second-order valence-electron chi connectivity index (χ2n) is 5.63. The third-order valence-electron chi connectivity index (χ3n) is 2.63. The zero-order valence-corrected chi connectivity index (χ0v) is 11.9. The van der Waals surface area contributed by atoms with Crippen molar-refractivity contribution in [3.8, 4) is 5.75 Å². The van der Waals surface area contributed by atoms with Crippen LogP contribution >= 0.6 is 0 Å². The second kappa shape index (κ2) is 5.31. The van der Waals surface area contributed by atoms with Gasteiger partial charge in [-0.25, -0.2) is 13.6 Å². The number of ketones is 1. The molecule has 0 radical (unpaired) electrons. The van der Waals surface area contributed by atoms with Gasteiger partial charge in [-0.15, -0.1) is 0 Å². The molecule has 0 atom stereocenters. The first kappa shape index (κ1) is 15.2. The summed E-state index contributed by atoms with van der Waals surface area (Å²) in [6.07, 6.45) is -0.825. The Morgan fingerprint density at radius 2 is 1.90 bits per heavy atom. The van der Waals surface area contributed by atoms with E-state index < -0.39 is 29.1 Å². The van der Waals surface area contributed by atoms with Gasteiger partial charge in [0.25, 0.3) is 0 Å². The average Bonchev–Trinajstić information content (AvgIpc) is 2.49. The minimum absolute atomic E-state index is 0.0333. The molecular formula is C14H15F2NO4. The lowest BCUT2D eigenvalue weighted by atomic mass is 10.2. The lowest BCUT2D eigenvalue weighted by Crippen LogP contribution is -2.39. The number of benzene rings is 1. The van der Waals surface area contributed by atoms with Crippen LogP contribution in [0.25, 0.3) is 0 Å². The lowest BCUT2D eigenvalue weighted by Gasteiger charge is -2.26. The molecule has 0 fully saturated rings. The maximum absolute atomic E-state index is 13.4. The van der Waals surface area contributed by atoms with Gasteiger partial charge in [-0.05, 0) is 20.8 Å². The molecule has 2 rings (SSSR count). The maximum Gasteiger partial charge on any atom is 0.415 e. The summed E-state index contributed by atoms with van der Waals surface area (Å²) < 4.78 is 37.0. The third kappa shape index (κ3) is 3.48. The molecule has 0 aromatic heterocycles. The Morgan fingerprint density at radius 3 is 2.52 bits per heavy atom. The van der Waals surface area contributed by atoms with Crippen LogP contribution in [0.3, 0.4) is 0 Å². The van der Waals surface area contributed by atoms with Crippen LogP contribution in [-0.4, -0.2) is 30.6 Å². The van der Waals surface area contributed by atoms with Gasteiger partial charge in [0.2, 0.25) is 0 Å². The first-order valence-corrected chi connectivity index (χ1v) is 6.31. The molecule has 1 aromatic carbocycles. The SMILES string of the molecule is CC(C)(C)OC(=O)N1CC(=O)COc2cc(F)c(F)cc21. The van der Waals surface area contributed by atoms with Gasteiger partial charge in [0.05, 0.1) is 12.2 Å². The smallest absolute Gasteiger partial charge is 0.415 e. The van der Waals surface area contributed by atoms with E-state index in [4.69, 9.17) is 9.47 Å². The van der Waals surface area contributed by atoms with E-state index in [1.807, 2.05) is 0 Å². The monoisotopic (exact) mass is 299 g/mol. The summed E-state index contributed by atoms with van der Waals surface area (Å²) in [5, 5.41) is 0. The number of hydrogen-bond acceptors (Lipinski definition) is 4. The number of carbonyl (C=O) groups excluding carboxylic acids is 2. The van der Waals surface area contributed by atoms with Crippen LogP contribution in [0, 0.1) is 11.6 Å². The molecular weight excluding hydrogens is 284 g/mol. The molecule has 1 heterocycles. The standard InChI is InChI=1S/C14H15F2NO4/c1-14(2,3)21-13(19)17-6-8(18)7-20-12-5-10(16)9(15)4-11(12)17/h4-5H,6-7H2,1-3H3. The molecule has 7 heteroatoms. The fourth-order valence-electron chi connectivity index (χ4n) is 1.79. The van der Waals surface area contributed by atoms with E-state index in [9.17, 15) is 18.4 Å². The molecule has 114 valence electrons. The van der Waals surface area contributed by atoms with Crippen LogP contribution in [0.15, 0.2) is 12.1 Å². The van der Waals surface area contributed by atoms with Gasteiger partial charge in [-0.1, -0.05) is 0 Å². The van der Waals surface area contributed by atoms with Gasteiger partial charge in [-0.3, -0.25) is 9.69 Å². The summed E-state index contributed by atoms with van der Waals surface area (Å²) in [6, 6.07) is 1.62. The molecule has 21 heavy (non-hydrogen) atoms. The number of rotatable bonds is 0. The van der Waals surface area contributed by atoms with Gasteiger partial charge < -0.3 is 9.47 Å². The summed E-state index contributed by atoms with van der Waals surface area (Å²) in [4.78, 5) is 24.7. The van der Waals surface area contributed by atoms with E-state index in [-0.39, 0.29) is 24.6 Å². The zero-order valence-electron chi connectivity index (χ0n) is 11.9. The Hall–Kier alpha value is -2.18. The fraction of sp³-hybridized carbons (Fsp3) is 0.429. The largest absolute Gasteiger partial charge is 0.483 e. The lowest BCUT2D eigenvalue weighted by molar-refractivity contribution is -0.119. The Balaban J connectivity index is 2.43. The van der Waals surface area contributed by atoms with Crippen LogP contribution in [0.1, 0.15) is 20.8 Å². The molecule has 1 aliphatic heterocycles. The highest BCUT2D eigenvalue weighted by molar-refractivity contribution is 5.98. The van der Waals surface area contributed by atoms with Gasteiger partial charge in [0, 0.05) is 12.1 Å². The highest BCUT2D eigenvalue weighted by Crippen LogP contribution is 2.33. The fourth-order valence-corrected chi connectivity index (χ4v) is 1.79. The zero-order chi connectivity index (χ0) is 15.8. The number of amides is 1. The first-order valence-electron chi connectivity index (χ1n) is 6.31. The first-order chi connectivity index (χ1) is 9.67. The molecule has 5 nitrogen and oxygen atoms in total. The van der Waals surface area contributed by atoms with Gasteiger partial charge in [0.1, 0.15) is 18.0 Å². The van der Waals surface area contributed by atoms with E-state index in [0.717, 1.165) is 17.0 Å². The Bertz CT molecular complexity index is 595. The number of anilines is 1. The highest BCUT2D eigenvalue weighted by atomic mass is 19.2. The molecule has 0 bridgehead atoms. The van der Waals surface area contributed by atoms with Crippen LogP contribution < -0.4 is 9.64 Å². The van der Waals surface area contributed by atoms with Crippen LogP contribution in [0.4, 0.5) is 19.3 Å². The molecule has 0 aliphatic carbocycles. The summed E-state index contributed by atoms with van der Waals surface area (Å²) in [5.41, 5.74) is -0.819. The van der Waals surface area contributed by atoms with Crippen LogP contribution in [0.5, 0.6) is 5.75 Å². The van der Waals surface area contributed by atoms with Crippen molar-refractivity contribution >= 4 is 17.6 Å². The van der Waals surface area contributed by atoms with Crippen molar-refractivity contribution in [3.63, 3.8) is 0 Å². The maximum atomic E-state index is 13.4. The topological polar surface area (TPSA) is 55.8 Å². The molecule has 0 unspecified atom stereocenters. The minimum Gasteiger partial charge on any atom is -0.483 e. The molecule has 0 saturated heterocycles. The Morgan fingerprint density at radius 1 is 1.29 bits per heavy atom. The van der Waals surface area contributed by atoms with E-state index in [0.29, 0.717) is 0 Å². The number of nitrogens with zero attached hydrogens (tertiary/aromatic N) is 1. The Labute approximate surface area is 120 Å². The molecule has 0 saturated carbocycles. The van der Waals surface area contributed by atoms with Gasteiger partial charge in [0.15, 0.2) is 17.4 Å². The number of hydrogen-bond donors (Lipinski definition) is 0. The van der Waals surface area contributed by atoms with Crippen molar-refractivity contribution in [2.45, 2.75) is 26.4 Å². The predicted molar refractivity (Wildman–Crippen MR) is 70.4 cm³/mol. The van der Waals surface area contributed by atoms with E-state index in [1.54, 1.807) is 20.8 Å². The van der Waals surface area contributed by atoms with Crippen molar-refractivity contribution in [1.29, 1.82) is 0 Å². The quantitative estimate of drug-likeness (QED) is 0.739. The van der Waals surface area contributed by atoms with Crippen LogP contribution in [-0.2, 0) is 9.53 Å². The second-order valence-corrected chi connectivity index (χ2v) is 5.63. The summed E-state index contributed by atoms with van der Waals surface area (Å²) in [7, 11) is 0. The van der Waals surface area contributed by atoms with Crippen molar-refractivity contribution in [2.75, 3.05) is 18.1 Å². The average molecular weight is 299 g/mol. The van der Waals surface area contributed by atoms with Crippen molar-refractivity contribution in [3.05, 3.63) is 23.8 Å². The molecule has 0 spiro atoms. The molecule has 1 amide bonds. The molecule has 1 aliphatic rings. The predicted octanol–water partition coefficient (Wildman–Crippen LogP) is 2.67. The van der Waals surface area contributed by atoms with Crippen molar-refractivity contribution in [2.24, 2.45) is 0 Å². The van der Waals surface area contributed by atoms with Gasteiger partial charge >= 0.3 is 6.09 Å². The number of halogens is 2. The van der Waals surface area contributed by atoms with E-state index in [2.05, 4.69) is 0 Å². The van der Waals surface area contributed by atoms with E-state index in [1.165, 1.54) is 0 Å².